The zero-order valence-electron chi connectivity index (χ0n) is 33.3. The van der Waals surface area contributed by atoms with Crippen LogP contribution in [0, 0.1) is 0 Å². The second-order valence-corrected chi connectivity index (χ2v) is 14.1. The van der Waals surface area contributed by atoms with E-state index < -0.39 is 0 Å². The van der Waals surface area contributed by atoms with Crippen molar-refractivity contribution in [3.63, 3.8) is 0 Å². The Kier molecular flexibility index (Phi) is 6.08. The summed E-state index contributed by atoms with van der Waals surface area (Å²) in [6, 6.07) is 63.7. The van der Waals surface area contributed by atoms with Crippen LogP contribution in [0.15, 0.2) is 206 Å². The molecule has 0 heteroatoms. The van der Waals surface area contributed by atoms with Crippen LogP contribution < -0.4 is 0 Å². The third kappa shape index (κ3) is 4.85. The van der Waals surface area contributed by atoms with Crippen LogP contribution in [0.1, 0.15) is 5.48 Å². The van der Waals surface area contributed by atoms with Gasteiger partial charge in [0, 0.05) is 0 Å². The summed E-state index contributed by atoms with van der Waals surface area (Å²) in [4.78, 5) is 0. The first kappa shape index (κ1) is 26.7. The largest absolute Gasteiger partial charge is 0.0629 e. The van der Waals surface area contributed by atoms with Gasteiger partial charge in [0.05, 0.1) is 5.48 Å². The van der Waals surface area contributed by atoms with Gasteiger partial charge in [-0.2, -0.15) is 0 Å². The van der Waals surface area contributed by atoms with Crippen molar-refractivity contribution in [3.8, 4) is 55.6 Å². The fourth-order valence-corrected chi connectivity index (χ4v) is 8.71. The summed E-state index contributed by atoms with van der Waals surface area (Å²) in [6.07, 6.45) is 0. The Bertz CT molecular complexity index is 3420. The molecule has 0 amide bonds. The Labute approximate surface area is 320 Å². The van der Waals surface area contributed by atoms with E-state index >= 15 is 0 Å². The molecule has 0 aliphatic rings. The van der Waals surface area contributed by atoms with Crippen molar-refractivity contribution >= 4 is 53.9 Å². The van der Waals surface area contributed by atoms with Crippen molar-refractivity contribution in [3.05, 3.63) is 206 Å². The Hall–Kier alpha value is -7.02. The summed E-state index contributed by atoms with van der Waals surface area (Å²) < 4.78 is 34.6. The molecule has 0 N–H and O–H groups in total. The molecule has 0 aliphatic carbocycles. The molecule has 54 heavy (non-hydrogen) atoms. The molecule has 0 bridgehead atoms. The van der Waals surface area contributed by atoms with Gasteiger partial charge in [-0.05, 0) is 128 Å². The first-order chi connectivity index (χ1) is 28.4. The van der Waals surface area contributed by atoms with Crippen molar-refractivity contribution in [1.29, 1.82) is 0 Å². The van der Waals surface area contributed by atoms with Gasteiger partial charge in [-0.1, -0.05) is 188 Å². The third-order valence-electron chi connectivity index (χ3n) is 11.1. The summed E-state index contributed by atoms with van der Waals surface area (Å²) in [6.45, 7) is 0. The fraction of sp³-hybridized carbons (Fsp3) is 0. The maximum atomic E-state index is 9.07. The summed E-state index contributed by atoms with van der Waals surface area (Å²) in [5.41, 5.74) is 10.2. The number of hydrogen-bond donors (Lipinski definition) is 0. The summed E-state index contributed by atoms with van der Waals surface area (Å²) >= 11 is 0. The molecule has 0 atom stereocenters. The van der Waals surface area contributed by atoms with E-state index in [-0.39, 0.29) is 24.2 Å². The molecule has 0 aliphatic heterocycles. The van der Waals surface area contributed by atoms with Crippen LogP contribution in [-0.2, 0) is 0 Å². The van der Waals surface area contributed by atoms with Crippen LogP contribution in [0.5, 0.6) is 0 Å². The number of fused-ring (bicyclic) bond motifs is 2. The normalized spacial score (nSPS) is 12.7. The molecule has 0 radical (unpaired) electrons. The average Bonchev–Trinajstić information content (AvgIpc) is 3.28. The van der Waals surface area contributed by atoms with E-state index in [1.165, 1.54) is 43.4 Å². The van der Waals surface area contributed by atoms with Gasteiger partial charge >= 0.3 is 0 Å². The molecule has 0 nitrogen and oxygen atoms in total. The smallest absolute Gasteiger partial charge is 0.0622 e. The minimum atomic E-state index is -0.236. The first-order valence-electron chi connectivity index (χ1n) is 20.4. The van der Waals surface area contributed by atoms with Gasteiger partial charge in [0.2, 0.25) is 0 Å². The fourth-order valence-electron chi connectivity index (χ4n) is 8.71. The standard InChI is InChI=1S/C54H34/c1-3-12-35(13-4-1)42-28-31-49-50(34-42)52(36-14-5-2-6-15-36)46-22-7-8-23-47(46)53(49)44-21-11-19-41(33-44)40-18-10-20-43(32-40)45-29-26-39-25-24-37-16-9-17-38-27-30-48(45)54(39)51(37)38/h1-34H/i2D,5D,6D,14D. The first-order valence-corrected chi connectivity index (χ1v) is 18.4. The molecule has 0 fully saturated rings. The van der Waals surface area contributed by atoms with Crippen molar-refractivity contribution < 1.29 is 5.48 Å². The van der Waals surface area contributed by atoms with E-state index in [4.69, 9.17) is 5.48 Å². The molecule has 250 valence electrons. The zero-order chi connectivity index (χ0) is 39.1. The van der Waals surface area contributed by atoms with Crippen molar-refractivity contribution in [2.24, 2.45) is 0 Å². The molecule has 0 saturated carbocycles. The Morgan fingerprint density at radius 1 is 0.278 bits per heavy atom. The lowest BCUT2D eigenvalue weighted by Gasteiger charge is -2.19. The SMILES string of the molecule is [2H]c1cc(-c2c3ccccc3c(-c3cccc(-c4cccc(-c5ccc6ccc7cccc8ccc5c6c78)c4)c3)c3ccc(-c4ccccc4)cc23)c([2H])c([2H])c1[2H]. The maximum absolute atomic E-state index is 9.07. The van der Waals surface area contributed by atoms with Gasteiger partial charge in [0.15, 0.2) is 0 Å². The molecular weight excluding hydrogens is 649 g/mol. The zero-order valence-corrected chi connectivity index (χ0v) is 29.3. The number of benzene rings is 11. The Morgan fingerprint density at radius 3 is 1.63 bits per heavy atom. The van der Waals surface area contributed by atoms with Gasteiger partial charge in [-0.25, -0.2) is 0 Å². The van der Waals surface area contributed by atoms with Crippen molar-refractivity contribution in [1.82, 2.24) is 0 Å². The van der Waals surface area contributed by atoms with Crippen LogP contribution >= 0.6 is 0 Å². The minimum absolute atomic E-state index is 0.0446. The maximum Gasteiger partial charge on any atom is 0.0629 e. The molecular formula is C54H34. The van der Waals surface area contributed by atoms with E-state index in [2.05, 4.69) is 146 Å². The van der Waals surface area contributed by atoms with Crippen LogP contribution in [0.3, 0.4) is 0 Å². The molecule has 0 saturated heterocycles. The summed E-state index contributed by atoms with van der Waals surface area (Å²) in [5.74, 6) is 0. The second-order valence-electron chi connectivity index (χ2n) is 14.1. The highest BCUT2D eigenvalue weighted by Crippen LogP contribution is 2.46. The average molecular weight is 687 g/mol. The topological polar surface area (TPSA) is 0 Å². The van der Waals surface area contributed by atoms with Crippen LogP contribution in [0.4, 0.5) is 0 Å². The molecule has 0 heterocycles. The van der Waals surface area contributed by atoms with Gasteiger partial charge in [0.25, 0.3) is 0 Å². The highest BCUT2D eigenvalue weighted by Gasteiger charge is 2.18. The number of hydrogen-bond acceptors (Lipinski definition) is 0. The lowest BCUT2D eigenvalue weighted by Crippen LogP contribution is -1.92. The van der Waals surface area contributed by atoms with Crippen LogP contribution in [-0.4, -0.2) is 0 Å². The minimum Gasteiger partial charge on any atom is -0.0622 e. The number of rotatable bonds is 5. The van der Waals surface area contributed by atoms with Gasteiger partial charge in [0.1, 0.15) is 0 Å². The van der Waals surface area contributed by atoms with Crippen molar-refractivity contribution in [2.75, 3.05) is 0 Å². The molecule has 11 rings (SSSR count). The summed E-state index contributed by atoms with van der Waals surface area (Å²) in [7, 11) is 0. The van der Waals surface area contributed by atoms with E-state index in [0.29, 0.717) is 5.56 Å². The van der Waals surface area contributed by atoms with Gasteiger partial charge < -0.3 is 0 Å². The highest BCUT2D eigenvalue weighted by atomic mass is 14.2. The van der Waals surface area contributed by atoms with E-state index in [1.807, 2.05) is 30.3 Å². The quantitative estimate of drug-likeness (QED) is 0.125. The van der Waals surface area contributed by atoms with Gasteiger partial charge in [-0.15, -0.1) is 0 Å². The van der Waals surface area contributed by atoms with Crippen LogP contribution in [0.25, 0.3) is 109 Å². The lowest BCUT2D eigenvalue weighted by molar-refractivity contribution is 1.60. The molecule has 0 spiro atoms. The highest BCUT2D eigenvalue weighted by molar-refractivity contribution is 6.26. The van der Waals surface area contributed by atoms with Gasteiger partial charge in [-0.3, -0.25) is 0 Å². The monoisotopic (exact) mass is 686 g/mol. The third-order valence-corrected chi connectivity index (χ3v) is 11.1. The van der Waals surface area contributed by atoms with E-state index in [0.717, 1.165) is 60.5 Å². The van der Waals surface area contributed by atoms with Crippen LogP contribution in [0.2, 0.25) is 0 Å². The van der Waals surface area contributed by atoms with Crippen molar-refractivity contribution in [2.45, 2.75) is 0 Å². The predicted molar refractivity (Wildman–Crippen MR) is 232 cm³/mol. The molecule has 11 aromatic carbocycles. The summed E-state index contributed by atoms with van der Waals surface area (Å²) in [5, 5.41) is 11.5. The molecule has 0 unspecified atom stereocenters. The van der Waals surface area contributed by atoms with E-state index in [1.54, 1.807) is 6.07 Å². The molecule has 0 aromatic heterocycles. The second kappa shape index (κ2) is 12.3. The predicted octanol–water partition coefficient (Wildman–Crippen LogP) is 15.2. The van der Waals surface area contributed by atoms with E-state index in [9.17, 15) is 0 Å². The lowest BCUT2D eigenvalue weighted by atomic mass is 9.84. The Morgan fingerprint density at radius 2 is 0.833 bits per heavy atom. The Balaban J connectivity index is 1.12. The molecule has 11 aromatic rings.